The van der Waals surface area contributed by atoms with E-state index < -0.39 is 0 Å². The molecule has 0 heterocycles. The quantitative estimate of drug-likeness (QED) is 0.646. The second-order valence-corrected chi connectivity index (χ2v) is 3.82. The molecule has 0 bridgehead atoms. The molecule has 0 aromatic heterocycles. The van der Waals surface area contributed by atoms with Gasteiger partial charge in [-0.3, -0.25) is 4.79 Å². The predicted molar refractivity (Wildman–Crippen MR) is 65.9 cm³/mol. The standard InChI is InChI=1S/C12H13ClN2O2/c1-17-12(16)3-2-6-15-10-5-4-9(8-14)11(13)7-10/h4-5,7,15H,2-3,6H2,1H3. The number of rotatable bonds is 5. The van der Waals surface area contributed by atoms with Crippen molar-refractivity contribution in [1.82, 2.24) is 0 Å². The van der Waals surface area contributed by atoms with Gasteiger partial charge in [-0.05, 0) is 24.6 Å². The molecule has 0 aliphatic rings. The first-order valence-corrected chi connectivity index (χ1v) is 5.55. The minimum absolute atomic E-state index is 0.218. The fourth-order valence-corrected chi connectivity index (χ4v) is 1.51. The molecular formula is C12H13ClN2O2. The fourth-order valence-electron chi connectivity index (χ4n) is 1.28. The minimum atomic E-state index is -0.218. The summed E-state index contributed by atoms with van der Waals surface area (Å²) in [6.07, 6.45) is 1.07. The van der Waals surface area contributed by atoms with Crippen LogP contribution in [0.2, 0.25) is 5.02 Å². The van der Waals surface area contributed by atoms with Gasteiger partial charge in [-0.2, -0.15) is 5.26 Å². The molecule has 1 aromatic rings. The normalized spacial score (nSPS) is 9.47. The second kappa shape index (κ2) is 6.77. The Morgan fingerprint density at radius 1 is 1.59 bits per heavy atom. The number of carbonyl (C=O) groups is 1. The molecular weight excluding hydrogens is 240 g/mol. The fraction of sp³-hybridized carbons (Fsp3) is 0.333. The van der Waals surface area contributed by atoms with E-state index in [9.17, 15) is 4.79 Å². The number of nitrogens with one attached hydrogen (secondary N) is 1. The number of nitrogens with zero attached hydrogens (tertiary/aromatic N) is 1. The maximum Gasteiger partial charge on any atom is 0.305 e. The van der Waals surface area contributed by atoms with E-state index in [1.807, 2.05) is 6.07 Å². The molecule has 0 atom stereocenters. The summed E-state index contributed by atoms with van der Waals surface area (Å²) in [5.74, 6) is -0.218. The van der Waals surface area contributed by atoms with Gasteiger partial charge in [0.2, 0.25) is 0 Å². The van der Waals surface area contributed by atoms with Gasteiger partial charge in [0.1, 0.15) is 6.07 Å². The average Bonchev–Trinajstić information content (AvgIpc) is 2.34. The number of nitriles is 1. The smallest absolute Gasteiger partial charge is 0.305 e. The molecule has 5 heteroatoms. The number of halogens is 1. The molecule has 0 aliphatic carbocycles. The Hall–Kier alpha value is -1.73. The number of anilines is 1. The zero-order valence-corrected chi connectivity index (χ0v) is 10.3. The van der Waals surface area contributed by atoms with E-state index in [1.165, 1.54) is 7.11 Å². The number of methoxy groups -OCH3 is 1. The lowest BCUT2D eigenvalue weighted by molar-refractivity contribution is -0.140. The lowest BCUT2D eigenvalue weighted by Crippen LogP contribution is -2.06. The van der Waals surface area contributed by atoms with Gasteiger partial charge in [-0.25, -0.2) is 0 Å². The second-order valence-electron chi connectivity index (χ2n) is 3.41. The van der Waals surface area contributed by atoms with Gasteiger partial charge < -0.3 is 10.1 Å². The van der Waals surface area contributed by atoms with Crippen LogP contribution in [0.5, 0.6) is 0 Å². The highest BCUT2D eigenvalue weighted by Gasteiger charge is 2.02. The van der Waals surface area contributed by atoms with Crippen molar-refractivity contribution in [1.29, 1.82) is 5.26 Å². The van der Waals surface area contributed by atoms with Crippen LogP contribution in [-0.2, 0) is 9.53 Å². The molecule has 0 unspecified atom stereocenters. The van der Waals surface area contributed by atoms with Crippen molar-refractivity contribution in [3.8, 4) is 6.07 Å². The average molecular weight is 253 g/mol. The Labute approximate surface area is 105 Å². The Morgan fingerprint density at radius 2 is 2.35 bits per heavy atom. The van der Waals surface area contributed by atoms with E-state index in [0.717, 1.165) is 5.69 Å². The first-order chi connectivity index (χ1) is 8.17. The van der Waals surface area contributed by atoms with Gasteiger partial charge in [-0.15, -0.1) is 0 Å². The van der Waals surface area contributed by atoms with Crippen LogP contribution < -0.4 is 5.32 Å². The largest absolute Gasteiger partial charge is 0.469 e. The van der Waals surface area contributed by atoms with Gasteiger partial charge in [0.25, 0.3) is 0 Å². The van der Waals surface area contributed by atoms with Crippen LogP contribution in [0.15, 0.2) is 18.2 Å². The van der Waals surface area contributed by atoms with E-state index in [4.69, 9.17) is 16.9 Å². The molecule has 1 aromatic carbocycles. The first kappa shape index (κ1) is 13.3. The lowest BCUT2D eigenvalue weighted by Gasteiger charge is -2.06. The Kier molecular flexibility index (Phi) is 5.31. The highest BCUT2D eigenvalue weighted by molar-refractivity contribution is 6.32. The summed E-state index contributed by atoms with van der Waals surface area (Å²) in [5.41, 5.74) is 1.28. The minimum Gasteiger partial charge on any atom is -0.469 e. The maximum absolute atomic E-state index is 10.9. The number of carbonyl (C=O) groups excluding carboxylic acids is 1. The number of hydrogen-bond donors (Lipinski definition) is 1. The van der Waals surface area contributed by atoms with Crippen LogP contribution in [-0.4, -0.2) is 19.6 Å². The zero-order valence-electron chi connectivity index (χ0n) is 9.50. The summed E-state index contributed by atoms with van der Waals surface area (Å²) in [6.45, 7) is 0.650. The van der Waals surface area contributed by atoms with Crippen LogP contribution in [0.25, 0.3) is 0 Å². The Balaban J connectivity index is 2.40. The third kappa shape index (κ3) is 4.33. The van der Waals surface area contributed by atoms with Crippen LogP contribution in [0.3, 0.4) is 0 Å². The highest BCUT2D eigenvalue weighted by atomic mass is 35.5. The van der Waals surface area contributed by atoms with Crippen molar-refractivity contribution in [2.75, 3.05) is 19.0 Å². The molecule has 0 aliphatic heterocycles. The van der Waals surface area contributed by atoms with Crippen molar-refractivity contribution >= 4 is 23.3 Å². The third-order valence-corrected chi connectivity index (χ3v) is 2.52. The summed E-state index contributed by atoms with van der Waals surface area (Å²) in [5, 5.41) is 12.2. The third-order valence-electron chi connectivity index (χ3n) is 2.20. The van der Waals surface area contributed by atoms with Crippen LogP contribution >= 0.6 is 11.6 Å². The molecule has 1 N–H and O–H groups in total. The Morgan fingerprint density at radius 3 is 2.94 bits per heavy atom. The van der Waals surface area contributed by atoms with E-state index >= 15 is 0 Å². The summed E-state index contributed by atoms with van der Waals surface area (Å²) in [6, 6.07) is 7.12. The molecule has 0 amide bonds. The summed E-state index contributed by atoms with van der Waals surface area (Å²) in [4.78, 5) is 10.9. The topological polar surface area (TPSA) is 62.1 Å². The van der Waals surface area contributed by atoms with Crippen molar-refractivity contribution in [3.63, 3.8) is 0 Å². The lowest BCUT2D eigenvalue weighted by atomic mass is 10.2. The molecule has 0 saturated carbocycles. The SMILES string of the molecule is COC(=O)CCCNc1ccc(C#N)c(Cl)c1. The number of esters is 1. The van der Waals surface area contributed by atoms with Crippen LogP contribution in [0.1, 0.15) is 18.4 Å². The molecule has 90 valence electrons. The predicted octanol–water partition coefficient (Wildman–Crippen LogP) is 2.58. The molecule has 1 rings (SSSR count). The summed E-state index contributed by atoms with van der Waals surface area (Å²) in [7, 11) is 1.37. The summed E-state index contributed by atoms with van der Waals surface area (Å²) >= 11 is 5.88. The van der Waals surface area contributed by atoms with Crippen molar-refractivity contribution in [3.05, 3.63) is 28.8 Å². The van der Waals surface area contributed by atoms with Crippen molar-refractivity contribution in [2.24, 2.45) is 0 Å². The molecule has 0 fully saturated rings. The van der Waals surface area contributed by atoms with Gasteiger partial charge >= 0.3 is 5.97 Å². The number of hydrogen-bond acceptors (Lipinski definition) is 4. The molecule has 0 spiro atoms. The van der Waals surface area contributed by atoms with Gasteiger partial charge in [0, 0.05) is 18.7 Å². The van der Waals surface area contributed by atoms with E-state index in [0.29, 0.717) is 30.0 Å². The molecule has 0 saturated heterocycles. The first-order valence-electron chi connectivity index (χ1n) is 5.17. The van der Waals surface area contributed by atoms with E-state index in [1.54, 1.807) is 18.2 Å². The molecule has 0 radical (unpaired) electrons. The van der Waals surface area contributed by atoms with Crippen molar-refractivity contribution in [2.45, 2.75) is 12.8 Å². The van der Waals surface area contributed by atoms with Gasteiger partial charge in [0.15, 0.2) is 0 Å². The molecule has 17 heavy (non-hydrogen) atoms. The number of ether oxygens (including phenoxy) is 1. The van der Waals surface area contributed by atoms with E-state index in [2.05, 4.69) is 10.1 Å². The van der Waals surface area contributed by atoms with Crippen molar-refractivity contribution < 1.29 is 9.53 Å². The highest BCUT2D eigenvalue weighted by Crippen LogP contribution is 2.20. The summed E-state index contributed by atoms with van der Waals surface area (Å²) < 4.78 is 4.53. The monoisotopic (exact) mass is 252 g/mol. The van der Waals surface area contributed by atoms with E-state index in [-0.39, 0.29) is 5.97 Å². The zero-order chi connectivity index (χ0) is 12.7. The van der Waals surface area contributed by atoms with Crippen LogP contribution in [0, 0.1) is 11.3 Å². The number of benzene rings is 1. The Bertz CT molecular complexity index is 441. The molecule has 4 nitrogen and oxygen atoms in total. The van der Waals surface area contributed by atoms with Crippen LogP contribution in [0.4, 0.5) is 5.69 Å². The van der Waals surface area contributed by atoms with Gasteiger partial charge in [0.05, 0.1) is 17.7 Å². The maximum atomic E-state index is 10.9. The van der Waals surface area contributed by atoms with Gasteiger partial charge in [-0.1, -0.05) is 11.6 Å².